The predicted octanol–water partition coefficient (Wildman–Crippen LogP) is 2.50. The van der Waals surface area contributed by atoms with Crippen LogP contribution in [0.4, 0.5) is 5.69 Å². The van der Waals surface area contributed by atoms with Crippen LogP contribution in [-0.4, -0.2) is 32.2 Å². The Hall–Kier alpha value is -3.42. The van der Waals surface area contributed by atoms with Crippen molar-refractivity contribution >= 4 is 11.6 Å². The third-order valence-corrected chi connectivity index (χ3v) is 4.44. The Labute approximate surface area is 156 Å². The van der Waals surface area contributed by atoms with E-state index in [1.54, 1.807) is 18.5 Å². The first-order valence-corrected chi connectivity index (χ1v) is 8.54. The second kappa shape index (κ2) is 6.71. The number of aromatic nitrogens is 4. The Morgan fingerprint density at radius 3 is 2.59 bits per heavy atom. The van der Waals surface area contributed by atoms with Crippen molar-refractivity contribution in [1.82, 2.24) is 19.5 Å². The minimum Gasteiger partial charge on any atom is -0.454 e. The number of imidazole rings is 1. The van der Waals surface area contributed by atoms with Crippen molar-refractivity contribution in [2.45, 2.75) is 27.2 Å². The molecule has 0 unspecified atom stereocenters. The van der Waals surface area contributed by atoms with Crippen LogP contribution in [0.15, 0.2) is 30.6 Å². The van der Waals surface area contributed by atoms with Gasteiger partial charge in [-0.15, -0.1) is 0 Å². The highest BCUT2D eigenvalue weighted by atomic mass is 16.7. The molecule has 0 saturated carbocycles. The normalized spacial score (nSPS) is 12.3. The topological polar surface area (TPSA) is 91.2 Å². The van der Waals surface area contributed by atoms with Crippen LogP contribution in [0.25, 0.3) is 5.95 Å². The van der Waals surface area contributed by atoms with Crippen molar-refractivity contribution in [2.75, 3.05) is 12.1 Å². The molecule has 2 aromatic heterocycles. The monoisotopic (exact) mass is 365 g/mol. The average Bonchev–Trinajstić information content (AvgIpc) is 3.20. The number of nitrogens with one attached hydrogen (secondary N) is 1. The average molecular weight is 365 g/mol. The molecule has 27 heavy (non-hydrogen) atoms. The number of hydrogen-bond acceptors (Lipinski definition) is 6. The molecule has 3 aromatic rings. The summed E-state index contributed by atoms with van der Waals surface area (Å²) < 4.78 is 12.5. The summed E-state index contributed by atoms with van der Waals surface area (Å²) >= 11 is 0. The molecule has 1 N–H and O–H groups in total. The van der Waals surface area contributed by atoms with Gasteiger partial charge in [-0.1, -0.05) is 6.07 Å². The van der Waals surface area contributed by atoms with Crippen LogP contribution >= 0.6 is 0 Å². The van der Waals surface area contributed by atoms with Crippen molar-refractivity contribution in [3.63, 3.8) is 0 Å². The summed E-state index contributed by atoms with van der Waals surface area (Å²) in [7, 11) is 0. The van der Waals surface area contributed by atoms with E-state index in [2.05, 4.69) is 20.3 Å². The number of nitrogens with zero attached hydrogens (tertiary/aromatic N) is 4. The molecular formula is C19H19N5O3. The zero-order valence-electron chi connectivity index (χ0n) is 15.3. The summed E-state index contributed by atoms with van der Waals surface area (Å²) in [6.07, 6.45) is 3.40. The van der Waals surface area contributed by atoms with Crippen LogP contribution in [-0.2, 0) is 11.2 Å². The van der Waals surface area contributed by atoms with E-state index in [4.69, 9.17) is 9.47 Å². The highest BCUT2D eigenvalue weighted by molar-refractivity contribution is 5.92. The molecule has 0 aliphatic carbocycles. The van der Waals surface area contributed by atoms with Crippen LogP contribution in [0.2, 0.25) is 0 Å². The molecule has 8 heteroatoms. The maximum Gasteiger partial charge on any atom is 0.235 e. The highest BCUT2D eigenvalue weighted by Gasteiger charge is 2.15. The molecule has 0 spiro atoms. The third kappa shape index (κ3) is 3.33. The molecular weight excluding hydrogens is 346 g/mol. The van der Waals surface area contributed by atoms with Gasteiger partial charge in [0.05, 0.1) is 30.2 Å². The first-order valence-electron chi connectivity index (χ1n) is 8.54. The van der Waals surface area contributed by atoms with E-state index in [1.807, 2.05) is 37.5 Å². The fraction of sp³-hybridized carbons (Fsp3) is 0.263. The number of ether oxygens (including phenoxy) is 2. The van der Waals surface area contributed by atoms with E-state index in [0.29, 0.717) is 23.1 Å². The highest BCUT2D eigenvalue weighted by Crippen LogP contribution is 2.32. The van der Waals surface area contributed by atoms with Gasteiger partial charge >= 0.3 is 0 Å². The van der Waals surface area contributed by atoms with Crippen molar-refractivity contribution in [3.8, 4) is 17.4 Å². The van der Waals surface area contributed by atoms with Crippen LogP contribution in [0.3, 0.4) is 0 Å². The first kappa shape index (κ1) is 17.0. The molecule has 0 atom stereocenters. The molecule has 0 saturated heterocycles. The van der Waals surface area contributed by atoms with Crippen LogP contribution < -0.4 is 14.8 Å². The van der Waals surface area contributed by atoms with Gasteiger partial charge in [0, 0.05) is 5.69 Å². The van der Waals surface area contributed by atoms with Gasteiger partial charge in [0.25, 0.3) is 0 Å². The van der Waals surface area contributed by atoms with Gasteiger partial charge < -0.3 is 14.8 Å². The van der Waals surface area contributed by atoms with Crippen LogP contribution in [0.1, 0.15) is 22.8 Å². The van der Waals surface area contributed by atoms with E-state index in [1.165, 1.54) is 0 Å². The number of rotatable bonds is 4. The summed E-state index contributed by atoms with van der Waals surface area (Å²) in [5, 5.41) is 2.81. The van der Waals surface area contributed by atoms with Gasteiger partial charge in [0.15, 0.2) is 11.5 Å². The Balaban J connectivity index is 1.44. The second-order valence-corrected chi connectivity index (χ2v) is 6.35. The Kier molecular flexibility index (Phi) is 4.23. The zero-order chi connectivity index (χ0) is 19.0. The molecule has 138 valence electrons. The maximum absolute atomic E-state index is 12.3. The van der Waals surface area contributed by atoms with Gasteiger partial charge in [-0.25, -0.2) is 15.0 Å². The summed E-state index contributed by atoms with van der Waals surface area (Å²) in [6, 6.07) is 5.47. The van der Waals surface area contributed by atoms with E-state index in [-0.39, 0.29) is 19.1 Å². The number of benzene rings is 1. The Morgan fingerprint density at radius 2 is 1.89 bits per heavy atom. The lowest BCUT2D eigenvalue weighted by atomic mass is 10.1. The smallest absolute Gasteiger partial charge is 0.235 e. The van der Waals surface area contributed by atoms with E-state index >= 15 is 0 Å². The fourth-order valence-electron chi connectivity index (χ4n) is 3.02. The second-order valence-electron chi connectivity index (χ2n) is 6.35. The van der Waals surface area contributed by atoms with E-state index in [9.17, 15) is 4.79 Å². The van der Waals surface area contributed by atoms with Gasteiger partial charge in [-0.3, -0.25) is 9.36 Å². The molecule has 0 bridgehead atoms. The molecule has 0 radical (unpaired) electrons. The lowest BCUT2D eigenvalue weighted by Crippen LogP contribution is -2.15. The van der Waals surface area contributed by atoms with Crippen molar-refractivity contribution in [3.05, 3.63) is 53.4 Å². The zero-order valence-corrected chi connectivity index (χ0v) is 15.3. The number of anilines is 1. The number of carbonyl (C=O) groups excluding carboxylic acids is 1. The number of hydrogen-bond donors (Lipinski definition) is 1. The maximum atomic E-state index is 12.3. The van der Waals surface area contributed by atoms with Crippen LogP contribution in [0.5, 0.6) is 11.5 Å². The minimum absolute atomic E-state index is 0.156. The molecule has 4 rings (SSSR count). The fourth-order valence-corrected chi connectivity index (χ4v) is 3.02. The molecule has 8 nitrogen and oxygen atoms in total. The standard InChI is InChI=1S/C19H19N5O3/c1-11-12(2)24(13(3)22-11)19-20-8-15(9-21-19)23-18(25)7-14-4-5-16-17(6-14)27-10-26-16/h4-6,8-9H,7,10H2,1-3H3,(H,23,25). The van der Waals surface area contributed by atoms with Gasteiger partial charge in [0.2, 0.25) is 18.6 Å². The summed E-state index contributed by atoms with van der Waals surface area (Å²) in [6.45, 7) is 6.04. The molecule has 0 fully saturated rings. The SMILES string of the molecule is Cc1nc(C)n(-c2ncc(NC(=O)Cc3ccc4c(c3)OCO4)cn2)c1C. The molecule has 3 heterocycles. The Bertz CT molecular complexity index is 1010. The van der Waals surface area contributed by atoms with E-state index in [0.717, 1.165) is 22.8 Å². The molecule has 1 aromatic carbocycles. The number of fused-ring (bicyclic) bond motifs is 1. The summed E-state index contributed by atoms with van der Waals surface area (Å²) in [4.78, 5) is 25.4. The predicted molar refractivity (Wildman–Crippen MR) is 98.3 cm³/mol. The molecule has 1 amide bonds. The van der Waals surface area contributed by atoms with Gasteiger partial charge in [-0.05, 0) is 38.5 Å². The van der Waals surface area contributed by atoms with E-state index < -0.39 is 0 Å². The number of carbonyl (C=O) groups is 1. The van der Waals surface area contributed by atoms with Crippen molar-refractivity contribution in [1.29, 1.82) is 0 Å². The first-order chi connectivity index (χ1) is 13.0. The lowest BCUT2D eigenvalue weighted by Gasteiger charge is -2.08. The van der Waals surface area contributed by atoms with Crippen LogP contribution in [0, 0.1) is 20.8 Å². The summed E-state index contributed by atoms with van der Waals surface area (Å²) in [5.74, 6) is 2.55. The molecule has 1 aliphatic rings. The van der Waals surface area contributed by atoms with Gasteiger partial charge in [-0.2, -0.15) is 0 Å². The minimum atomic E-state index is -0.156. The Morgan fingerprint density at radius 1 is 1.15 bits per heavy atom. The summed E-state index contributed by atoms with van der Waals surface area (Å²) in [5.41, 5.74) is 3.32. The van der Waals surface area contributed by atoms with Gasteiger partial charge in [0.1, 0.15) is 5.82 Å². The van der Waals surface area contributed by atoms with Crippen molar-refractivity contribution < 1.29 is 14.3 Å². The third-order valence-electron chi connectivity index (χ3n) is 4.44. The molecule has 1 aliphatic heterocycles. The number of amides is 1. The largest absolute Gasteiger partial charge is 0.454 e. The van der Waals surface area contributed by atoms with Crippen molar-refractivity contribution in [2.24, 2.45) is 0 Å². The quantitative estimate of drug-likeness (QED) is 0.764. The number of aryl methyl sites for hydroxylation is 2. The lowest BCUT2D eigenvalue weighted by molar-refractivity contribution is -0.115.